The number of amides is 1. The van der Waals surface area contributed by atoms with Crippen LogP contribution in [0.15, 0.2) is 43.0 Å². The number of fused-ring (bicyclic) bond motifs is 1. The van der Waals surface area contributed by atoms with Crippen molar-refractivity contribution in [2.45, 2.75) is 44.5 Å². The second kappa shape index (κ2) is 11.6. The van der Waals surface area contributed by atoms with Crippen LogP contribution in [0.4, 0.5) is 33.5 Å². The Morgan fingerprint density at radius 3 is 2.58 bits per heavy atom. The molecule has 3 aromatic heterocycles. The van der Waals surface area contributed by atoms with Crippen molar-refractivity contribution in [1.82, 2.24) is 34.4 Å². The number of hydrogen-bond acceptors (Lipinski definition) is 7. The van der Waals surface area contributed by atoms with E-state index >= 15 is 0 Å². The van der Waals surface area contributed by atoms with E-state index in [0.29, 0.717) is 35.4 Å². The molecule has 0 saturated carbocycles. The number of nitrogens with zero attached hydrogens (tertiary/aromatic N) is 6. The van der Waals surface area contributed by atoms with Crippen LogP contribution in [-0.2, 0) is 23.9 Å². The zero-order valence-electron chi connectivity index (χ0n) is 22.8. The van der Waals surface area contributed by atoms with Crippen molar-refractivity contribution in [1.29, 1.82) is 0 Å². The van der Waals surface area contributed by atoms with Crippen LogP contribution in [0, 0.1) is 0 Å². The smallest absolute Gasteiger partial charge is 0.435 e. The van der Waals surface area contributed by atoms with E-state index in [0.717, 1.165) is 24.7 Å². The Hall–Kier alpha value is -4.60. The molecule has 3 N–H and O–H groups in total. The summed E-state index contributed by atoms with van der Waals surface area (Å²) in [5.74, 6) is 0.248. The molecule has 0 unspecified atom stereocenters. The molecule has 0 bridgehead atoms. The molecule has 2 fully saturated rings. The van der Waals surface area contributed by atoms with Crippen LogP contribution < -0.4 is 10.6 Å². The summed E-state index contributed by atoms with van der Waals surface area (Å²) in [5, 5.41) is 16.8. The monoisotopic (exact) mass is 606 g/mol. The summed E-state index contributed by atoms with van der Waals surface area (Å²) < 4.78 is 68.8. The molecule has 0 aliphatic carbocycles. The molecule has 0 radical (unpaired) electrons. The summed E-state index contributed by atoms with van der Waals surface area (Å²) in [7, 11) is 0. The van der Waals surface area contributed by atoms with Gasteiger partial charge < -0.3 is 20.6 Å². The number of anilines is 2. The van der Waals surface area contributed by atoms with E-state index in [1.54, 1.807) is 12.1 Å². The molecule has 1 aromatic carbocycles. The van der Waals surface area contributed by atoms with Crippen molar-refractivity contribution in [3.8, 4) is 11.3 Å². The third kappa shape index (κ3) is 5.86. The molecule has 228 valence electrons. The van der Waals surface area contributed by atoms with Crippen molar-refractivity contribution in [2.75, 3.05) is 25.0 Å². The van der Waals surface area contributed by atoms with E-state index in [1.807, 2.05) is 17.9 Å². The van der Waals surface area contributed by atoms with Crippen molar-refractivity contribution in [3.05, 3.63) is 59.8 Å². The lowest BCUT2D eigenvalue weighted by molar-refractivity contribution is -0.141. The lowest BCUT2D eigenvalue weighted by Crippen LogP contribution is -2.76. The predicted octanol–water partition coefficient (Wildman–Crippen LogP) is 4.07. The average molecular weight is 607 g/mol. The van der Waals surface area contributed by atoms with Gasteiger partial charge >= 0.3 is 6.18 Å². The molecular weight excluding hydrogens is 579 g/mol. The standard InChI is InChI=1S/C26H25F5N8O.CH2O2/c1-2-15-9-16(3-4-17(15)24(40)37-13-25(14-37)5-6-34-25)35-22-23-33-10-19(39(23)8-7-32-22)18-11-38(12-20(27)28)36-21(18)26(29,30)31;2-1-3/h3-4,7-11,20,34H,2,5-6,12-14H2,1H3,(H,32,35);1H,(H,2,3). The molecule has 6 rings (SSSR count). The maximum atomic E-state index is 13.7. The molecule has 1 spiro atoms. The number of hydrogen-bond donors (Lipinski definition) is 3. The Labute approximate surface area is 241 Å². The van der Waals surface area contributed by atoms with E-state index in [4.69, 9.17) is 9.90 Å². The zero-order valence-corrected chi connectivity index (χ0v) is 22.8. The Morgan fingerprint density at radius 1 is 1.26 bits per heavy atom. The number of benzene rings is 1. The summed E-state index contributed by atoms with van der Waals surface area (Å²) in [5.41, 5.74) is 0.765. The van der Waals surface area contributed by atoms with Crippen molar-refractivity contribution in [2.24, 2.45) is 0 Å². The minimum absolute atomic E-state index is 0.0197. The number of carbonyl (C=O) groups is 2. The first kappa shape index (κ1) is 29.9. The molecule has 2 aliphatic rings. The Bertz CT molecular complexity index is 1640. The molecule has 16 heteroatoms. The summed E-state index contributed by atoms with van der Waals surface area (Å²) in [6, 6.07) is 5.34. The molecule has 2 saturated heterocycles. The lowest BCUT2D eigenvalue weighted by atomic mass is 9.80. The van der Waals surface area contributed by atoms with Crippen molar-refractivity contribution < 1.29 is 36.6 Å². The number of aryl methyl sites for hydroxylation is 1. The van der Waals surface area contributed by atoms with Gasteiger partial charge in [-0.05, 0) is 43.1 Å². The highest BCUT2D eigenvalue weighted by Crippen LogP contribution is 2.37. The number of aromatic nitrogens is 5. The zero-order chi connectivity index (χ0) is 30.9. The Kier molecular flexibility index (Phi) is 8.05. The fraction of sp³-hybridized carbons (Fsp3) is 0.370. The van der Waals surface area contributed by atoms with Gasteiger partial charge in [0.05, 0.1) is 23.0 Å². The predicted molar refractivity (Wildman–Crippen MR) is 144 cm³/mol. The van der Waals surface area contributed by atoms with E-state index < -0.39 is 24.8 Å². The second-order valence-corrected chi connectivity index (χ2v) is 10.2. The number of likely N-dealkylation sites (tertiary alicyclic amines) is 1. The van der Waals surface area contributed by atoms with Crippen LogP contribution in [0.2, 0.25) is 0 Å². The number of carboxylic acid groups (broad SMARTS) is 1. The maximum Gasteiger partial charge on any atom is 0.435 e. The normalized spacial score (nSPS) is 15.6. The van der Waals surface area contributed by atoms with Gasteiger partial charge in [0, 0.05) is 42.9 Å². The maximum absolute atomic E-state index is 13.7. The van der Waals surface area contributed by atoms with Gasteiger partial charge in [0.15, 0.2) is 17.2 Å². The highest BCUT2D eigenvalue weighted by molar-refractivity contribution is 5.97. The van der Waals surface area contributed by atoms with Gasteiger partial charge in [-0.2, -0.15) is 18.3 Å². The van der Waals surface area contributed by atoms with Gasteiger partial charge in [0.1, 0.15) is 6.54 Å². The molecule has 11 nitrogen and oxygen atoms in total. The summed E-state index contributed by atoms with van der Waals surface area (Å²) in [6.07, 6.45) is -1.05. The summed E-state index contributed by atoms with van der Waals surface area (Å²) in [6.45, 7) is 3.10. The van der Waals surface area contributed by atoms with E-state index in [1.165, 1.54) is 23.0 Å². The fourth-order valence-corrected chi connectivity index (χ4v) is 5.32. The first-order valence-electron chi connectivity index (χ1n) is 13.3. The van der Waals surface area contributed by atoms with Crippen LogP contribution in [0.5, 0.6) is 0 Å². The van der Waals surface area contributed by atoms with E-state index in [9.17, 15) is 26.7 Å². The third-order valence-electron chi connectivity index (χ3n) is 7.42. The SMILES string of the molecule is CCc1cc(Nc2nccn3c(-c4cn(CC(F)F)nc4C(F)(F)F)cnc23)ccc1C(=O)N1CC2(CCN2)C1.O=CO. The van der Waals surface area contributed by atoms with Crippen LogP contribution in [0.3, 0.4) is 0 Å². The minimum Gasteiger partial charge on any atom is -0.483 e. The molecule has 43 heavy (non-hydrogen) atoms. The van der Waals surface area contributed by atoms with Crippen molar-refractivity contribution >= 4 is 29.5 Å². The van der Waals surface area contributed by atoms with Crippen LogP contribution in [0.1, 0.15) is 35.0 Å². The average Bonchev–Trinajstić information content (AvgIpc) is 3.52. The van der Waals surface area contributed by atoms with Gasteiger partial charge in [-0.1, -0.05) is 6.92 Å². The Morgan fingerprint density at radius 2 is 1.98 bits per heavy atom. The highest BCUT2D eigenvalue weighted by atomic mass is 19.4. The highest BCUT2D eigenvalue weighted by Gasteiger charge is 2.49. The topological polar surface area (TPSA) is 130 Å². The molecule has 1 amide bonds. The second-order valence-electron chi connectivity index (χ2n) is 10.2. The van der Waals surface area contributed by atoms with Crippen LogP contribution in [0.25, 0.3) is 16.9 Å². The van der Waals surface area contributed by atoms with Gasteiger partial charge in [0.2, 0.25) is 0 Å². The molecule has 4 aromatic rings. The number of imidazole rings is 1. The molecule has 5 heterocycles. The molecular formula is C27H27F5N8O3. The van der Waals surface area contributed by atoms with Gasteiger partial charge in [-0.25, -0.2) is 18.7 Å². The molecule has 0 atom stereocenters. The first-order valence-corrected chi connectivity index (χ1v) is 13.3. The van der Waals surface area contributed by atoms with Gasteiger partial charge in [0.25, 0.3) is 18.8 Å². The van der Waals surface area contributed by atoms with Gasteiger partial charge in [-0.15, -0.1) is 0 Å². The summed E-state index contributed by atoms with van der Waals surface area (Å²) >= 11 is 0. The third-order valence-corrected chi connectivity index (χ3v) is 7.42. The summed E-state index contributed by atoms with van der Waals surface area (Å²) in [4.78, 5) is 31.9. The first-order chi connectivity index (χ1) is 20.5. The number of alkyl halides is 5. The lowest BCUT2D eigenvalue weighted by Gasteiger charge is -2.56. The number of nitrogens with one attached hydrogen (secondary N) is 2. The van der Waals surface area contributed by atoms with Crippen LogP contribution >= 0.6 is 0 Å². The number of carbonyl (C=O) groups excluding carboxylic acids is 1. The number of halogens is 5. The van der Waals surface area contributed by atoms with Gasteiger partial charge in [-0.3, -0.25) is 18.7 Å². The van der Waals surface area contributed by atoms with Crippen molar-refractivity contribution in [3.63, 3.8) is 0 Å². The van der Waals surface area contributed by atoms with Crippen LogP contribution in [-0.4, -0.2) is 78.1 Å². The van der Waals surface area contributed by atoms with E-state index in [-0.39, 0.29) is 40.6 Å². The fourth-order valence-electron chi connectivity index (χ4n) is 5.32. The molecule has 2 aliphatic heterocycles. The van der Waals surface area contributed by atoms with E-state index in [2.05, 4.69) is 25.7 Å². The Balaban J connectivity index is 0.00000118. The number of rotatable bonds is 7. The quantitative estimate of drug-likeness (QED) is 0.212. The largest absolute Gasteiger partial charge is 0.483 e. The minimum atomic E-state index is -4.86.